The number of nitrogens with one attached hydrogen (secondary N) is 2. The van der Waals surface area contributed by atoms with Gasteiger partial charge in [0.1, 0.15) is 11.3 Å². The molecule has 2 atom stereocenters. The Morgan fingerprint density at radius 1 is 0.852 bits per heavy atom. The standard InChI is InChI=1S/C46H54N10O5/c1-27(2)56-26-48-36-23-35(50-41(40(36)56)49-32-6-7-32)29-4-9-34-37(22-29)52(3)45(61)46(34)15-20-54(21-16-46)44(60)31-14-19-55(25-31)43(59)28-12-17-53(18-13-28)38-10-5-30(24-47-38)33-8-11-39(57)51-42(33)58/h4-5,9-10,22-24,26-28,31-33H,6-8,11-21,25H2,1-3H3,(H,49,50)(H,51,57,58)/t31-,33?/m0/s1. The molecule has 15 heteroatoms. The van der Waals surface area contributed by atoms with Gasteiger partial charge in [0.25, 0.3) is 0 Å². The molecule has 1 unspecified atom stereocenters. The average Bonchev–Trinajstić information content (AvgIpc) is 3.68. The van der Waals surface area contributed by atoms with Crippen molar-refractivity contribution in [3.63, 3.8) is 0 Å². The second-order valence-electron chi connectivity index (χ2n) is 18.4. The highest BCUT2D eigenvalue weighted by Crippen LogP contribution is 2.49. The molecule has 4 saturated heterocycles. The molecule has 0 bridgehead atoms. The van der Waals surface area contributed by atoms with Crippen LogP contribution in [0.3, 0.4) is 0 Å². The van der Waals surface area contributed by atoms with Gasteiger partial charge in [-0.15, -0.1) is 0 Å². The summed E-state index contributed by atoms with van der Waals surface area (Å²) in [7, 11) is 1.85. The number of fused-ring (bicyclic) bond motifs is 3. The molecule has 4 aromatic rings. The fraction of sp³-hybridized carbons (Fsp3) is 0.522. The number of nitrogens with zero attached hydrogens (tertiary/aromatic N) is 8. The first-order chi connectivity index (χ1) is 29.5. The third-order valence-electron chi connectivity index (χ3n) is 14.3. The van der Waals surface area contributed by atoms with Crippen LogP contribution in [0.25, 0.3) is 22.3 Å². The number of benzene rings is 1. The predicted molar refractivity (Wildman–Crippen MR) is 230 cm³/mol. The van der Waals surface area contributed by atoms with E-state index in [4.69, 9.17) is 9.97 Å². The van der Waals surface area contributed by atoms with Crippen molar-refractivity contribution in [3.05, 3.63) is 60.0 Å². The number of hydrogen-bond donors (Lipinski definition) is 2. The van der Waals surface area contributed by atoms with Crippen molar-refractivity contribution in [2.45, 2.75) is 95.1 Å². The minimum Gasteiger partial charge on any atom is -0.366 e. The van der Waals surface area contributed by atoms with Gasteiger partial charge in [-0.1, -0.05) is 18.2 Å². The van der Waals surface area contributed by atoms with E-state index in [2.05, 4.69) is 57.1 Å². The first kappa shape index (κ1) is 39.3. The van der Waals surface area contributed by atoms with Gasteiger partial charge in [0.2, 0.25) is 29.5 Å². The van der Waals surface area contributed by atoms with Crippen molar-refractivity contribution >= 4 is 57.9 Å². The summed E-state index contributed by atoms with van der Waals surface area (Å²) in [5.74, 6) is 0.729. The molecule has 10 rings (SSSR count). The molecule has 8 heterocycles. The van der Waals surface area contributed by atoms with Crippen molar-refractivity contribution in [2.75, 3.05) is 61.4 Å². The van der Waals surface area contributed by atoms with Crippen LogP contribution in [-0.4, -0.2) is 111 Å². The van der Waals surface area contributed by atoms with E-state index in [-0.39, 0.29) is 53.3 Å². The van der Waals surface area contributed by atoms with Gasteiger partial charge in [-0.05, 0) is 94.5 Å². The maximum Gasteiger partial charge on any atom is 0.237 e. The van der Waals surface area contributed by atoms with Crippen molar-refractivity contribution in [1.82, 2.24) is 34.6 Å². The zero-order valence-electron chi connectivity index (χ0n) is 35.2. The van der Waals surface area contributed by atoms with Gasteiger partial charge in [-0.2, -0.15) is 0 Å². The molecule has 0 radical (unpaired) electrons. The largest absolute Gasteiger partial charge is 0.366 e. The van der Waals surface area contributed by atoms with Gasteiger partial charge in [-0.3, -0.25) is 29.3 Å². The molecule has 6 aliphatic rings. The number of hydrogen-bond acceptors (Lipinski definition) is 10. The van der Waals surface area contributed by atoms with Crippen LogP contribution in [0.1, 0.15) is 94.7 Å². The zero-order chi connectivity index (χ0) is 42.2. The Morgan fingerprint density at radius 2 is 1.61 bits per heavy atom. The summed E-state index contributed by atoms with van der Waals surface area (Å²) in [4.78, 5) is 87.9. The fourth-order valence-electron chi connectivity index (χ4n) is 10.5. The number of rotatable bonds is 8. The summed E-state index contributed by atoms with van der Waals surface area (Å²) < 4.78 is 2.16. The zero-order valence-corrected chi connectivity index (χ0v) is 35.2. The molecule has 5 amide bonds. The Kier molecular flexibility index (Phi) is 9.82. The van der Waals surface area contributed by atoms with E-state index < -0.39 is 5.41 Å². The first-order valence-electron chi connectivity index (χ1n) is 22.2. The van der Waals surface area contributed by atoms with E-state index in [9.17, 15) is 24.0 Å². The fourth-order valence-corrected chi connectivity index (χ4v) is 10.5. The Balaban J connectivity index is 0.750. The lowest BCUT2D eigenvalue weighted by Gasteiger charge is -2.39. The minimum atomic E-state index is -0.677. The number of amides is 5. The van der Waals surface area contributed by atoms with Crippen molar-refractivity contribution in [2.24, 2.45) is 11.8 Å². The molecule has 5 fully saturated rings. The number of pyridine rings is 2. The summed E-state index contributed by atoms with van der Waals surface area (Å²) >= 11 is 0. The van der Waals surface area contributed by atoms with Crippen LogP contribution in [0.15, 0.2) is 48.9 Å². The average molecular weight is 827 g/mol. The van der Waals surface area contributed by atoms with E-state index in [0.29, 0.717) is 90.3 Å². The molecular weight excluding hydrogens is 773 g/mol. The van der Waals surface area contributed by atoms with Crippen molar-refractivity contribution in [1.29, 1.82) is 0 Å². The third-order valence-corrected chi connectivity index (χ3v) is 14.3. The quantitative estimate of drug-likeness (QED) is 0.237. The monoisotopic (exact) mass is 826 g/mol. The predicted octanol–water partition coefficient (Wildman–Crippen LogP) is 4.77. The lowest BCUT2D eigenvalue weighted by atomic mass is 9.73. The SMILES string of the molecule is CC(C)n1cnc2cc(-c3ccc4c(c3)N(C)C(=O)C43CCN(C(=O)[C@H]4CCN(C(=O)C5CCN(c6ccc(C7CCC(=O)NC7=O)cn6)CC5)C4)CC3)nc(NC3CC3)c21. The van der Waals surface area contributed by atoms with Crippen LogP contribution in [0.5, 0.6) is 0 Å². The number of piperidine rings is 3. The Bertz CT molecular complexity index is 2430. The molecule has 15 nitrogen and oxygen atoms in total. The van der Waals surface area contributed by atoms with Gasteiger partial charge in [0.05, 0.1) is 34.8 Å². The maximum absolute atomic E-state index is 14.1. The topological polar surface area (TPSA) is 166 Å². The van der Waals surface area contributed by atoms with Gasteiger partial charge in [-0.25, -0.2) is 15.0 Å². The van der Waals surface area contributed by atoms with Crippen molar-refractivity contribution in [3.8, 4) is 11.3 Å². The smallest absolute Gasteiger partial charge is 0.237 e. The molecular formula is C46H54N10O5. The number of carbonyl (C=O) groups is 5. The number of likely N-dealkylation sites (tertiary alicyclic amines) is 2. The van der Waals surface area contributed by atoms with Gasteiger partial charge in [0.15, 0.2) is 5.82 Å². The summed E-state index contributed by atoms with van der Waals surface area (Å²) in [5.41, 5.74) is 5.69. The molecule has 2 N–H and O–H groups in total. The Hall–Kier alpha value is -5.86. The van der Waals surface area contributed by atoms with Crippen molar-refractivity contribution < 1.29 is 24.0 Å². The molecule has 1 aliphatic carbocycles. The first-order valence-corrected chi connectivity index (χ1v) is 22.2. The Morgan fingerprint density at radius 3 is 2.31 bits per heavy atom. The van der Waals surface area contributed by atoms with Crippen LogP contribution in [-0.2, 0) is 29.4 Å². The number of anilines is 3. The van der Waals surface area contributed by atoms with Crippen LogP contribution in [0.4, 0.5) is 17.3 Å². The number of imidazole rings is 1. The number of aromatic nitrogens is 4. The lowest BCUT2D eigenvalue weighted by molar-refractivity contribution is -0.140. The molecule has 61 heavy (non-hydrogen) atoms. The minimum absolute atomic E-state index is 0.0747. The summed E-state index contributed by atoms with van der Waals surface area (Å²) in [6, 6.07) is 12.8. The molecule has 3 aromatic heterocycles. The highest BCUT2D eigenvalue weighted by molar-refractivity contribution is 6.08. The number of likely N-dealkylation sites (N-methyl/N-ethyl adjacent to an activating group) is 1. The maximum atomic E-state index is 14.1. The van der Waals surface area contributed by atoms with Gasteiger partial charge >= 0.3 is 0 Å². The normalized spacial score (nSPS) is 23.0. The van der Waals surface area contributed by atoms with Crippen LogP contribution < -0.4 is 20.4 Å². The van der Waals surface area contributed by atoms with Gasteiger partial charge < -0.3 is 29.5 Å². The van der Waals surface area contributed by atoms with E-state index in [1.807, 2.05) is 41.4 Å². The van der Waals surface area contributed by atoms with Crippen LogP contribution >= 0.6 is 0 Å². The lowest BCUT2D eigenvalue weighted by Crippen LogP contribution is -2.51. The van der Waals surface area contributed by atoms with E-state index in [1.165, 1.54) is 0 Å². The van der Waals surface area contributed by atoms with Crippen LogP contribution in [0.2, 0.25) is 0 Å². The Labute approximate surface area is 355 Å². The van der Waals surface area contributed by atoms with E-state index in [0.717, 1.165) is 63.6 Å². The summed E-state index contributed by atoms with van der Waals surface area (Å²) in [6.45, 7) is 7.69. The molecule has 1 saturated carbocycles. The second kappa shape index (κ2) is 15.2. The second-order valence-corrected chi connectivity index (χ2v) is 18.4. The third kappa shape index (κ3) is 6.99. The van der Waals surface area contributed by atoms with E-state index in [1.54, 1.807) is 11.1 Å². The van der Waals surface area contributed by atoms with E-state index >= 15 is 0 Å². The highest BCUT2D eigenvalue weighted by atomic mass is 16.2. The number of carbonyl (C=O) groups excluding carboxylic acids is 5. The summed E-state index contributed by atoms with van der Waals surface area (Å²) in [6.07, 6.45) is 9.87. The van der Waals surface area contributed by atoms with Crippen LogP contribution in [0, 0.1) is 11.8 Å². The number of imide groups is 1. The molecule has 5 aliphatic heterocycles. The molecule has 1 spiro atoms. The molecule has 1 aromatic carbocycles. The molecule has 318 valence electrons. The summed E-state index contributed by atoms with van der Waals surface area (Å²) in [5, 5.41) is 6.04. The van der Waals surface area contributed by atoms with Gasteiger partial charge in [0, 0.05) is 88.2 Å². The highest BCUT2D eigenvalue weighted by Gasteiger charge is 2.52.